The largest absolute Gasteiger partial charge is 0.365 e. The summed E-state index contributed by atoms with van der Waals surface area (Å²) < 4.78 is 0. The molecule has 0 spiro atoms. The Bertz CT molecular complexity index is 269. The van der Waals surface area contributed by atoms with Gasteiger partial charge in [0.25, 0.3) is 0 Å². The van der Waals surface area contributed by atoms with Crippen molar-refractivity contribution in [3.05, 3.63) is 5.70 Å². The molecule has 0 rings (SSSR count). The number of hydrogen-bond acceptors (Lipinski definition) is 3. The van der Waals surface area contributed by atoms with Crippen LogP contribution in [0.15, 0.2) is 5.70 Å². The number of carbonyl (C=O) groups excluding carboxylic acids is 2. The maximum absolute atomic E-state index is 11.4. The Hall–Kier alpha value is -1.48. The Morgan fingerprint density at radius 3 is 2.29 bits per heavy atom. The summed E-state index contributed by atoms with van der Waals surface area (Å²) in [5, 5.41) is 5.38. The van der Waals surface area contributed by atoms with E-state index in [-0.39, 0.29) is 12.6 Å². The second-order valence-corrected chi connectivity index (χ2v) is 3.68. The van der Waals surface area contributed by atoms with Crippen LogP contribution in [0.5, 0.6) is 0 Å². The van der Waals surface area contributed by atoms with E-state index in [2.05, 4.69) is 17.6 Å². The van der Waals surface area contributed by atoms with Gasteiger partial charge in [-0.25, -0.2) is 9.59 Å². The van der Waals surface area contributed by atoms with Gasteiger partial charge in [-0.2, -0.15) is 0 Å². The number of rotatable bonds is 8. The minimum Gasteiger partial charge on any atom is -0.365 e. The van der Waals surface area contributed by atoms with Gasteiger partial charge in [-0.05, 0) is 20.3 Å². The third-order valence-electron chi connectivity index (χ3n) is 2.50. The maximum Gasteiger partial charge on any atom is 0.315 e. The summed E-state index contributed by atoms with van der Waals surface area (Å²) in [4.78, 5) is 24.0. The molecule has 0 heterocycles. The monoisotopic (exact) mass is 241 g/mol. The summed E-state index contributed by atoms with van der Waals surface area (Å²) in [6, 6.07) is -0.238. The molecule has 0 aliphatic carbocycles. The molecule has 0 bridgehead atoms. The van der Waals surface area contributed by atoms with Crippen molar-refractivity contribution in [1.29, 1.82) is 0 Å². The average molecular weight is 241 g/mol. The predicted octanol–water partition coefficient (Wildman–Crippen LogP) is 1.14. The van der Waals surface area contributed by atoms with Crippen molar-refractivity contribution >= 4 is 12.0 Å². The third-order valence-corrected chi connectivity index (χ3v) is 2.50. The van der Waals surface area contributed by atoms with Crippen molar-refractivity contribution < 1.29 is 9.59 Å². The Morgan fingerprint density at radius 1 is 1.18 bits per heavy atom. The lowest BCUT2D eigenvalue weighted by atomic mass is 10.3. The summed E-state index contributed by atoms with van der Waals surface area (Å²) in [6.07, 6.45) is 2.00. The standard InChI is InChI=1S/C12H23N3O2/c1-4-7-8-13-12(17)14-9-11(10-16)15(5-2)6-3/h4-9H2,1-3H3,(H2,13,14,17). The summed E-state index contributed by atoms with van der Waals surface area (Å²) in [5.74, 6) is 1.88. The minimum absolute atomic E-state index is 0.225. The first-order valence-corrected chi connectivity index (χ1v) is 6.20. The first-order valence-electron chi connectivity index (χ1n) is 6.20. The molecular formula is C12H23N3O2. The van der Waals surface area contributed by atoms with Crippen LogP contribution in [0, 0.1) is 0 Å². The summed E-state index contributed by atoms with van der Waals surface area (Å²) >= 11 is 0. The molecule has 5 nitrogen and oxygen atoms in total. The number of nitrogens with one attached hydrogen (secondary N) is 2. The molecule has 0 unspecified atom stereocenters. The van der Waals surface area contributed by atoms with Gasteiger partial charge in [0.1, 0.15) is 11.6 Å². The summed E-state index contributed by atoms with van der Waals surface area (Å²) in [7, 11) is 0. The van der Waals surface area contributed by atoms with E-state index in [0.717, 1.165) is 25.9 Å². The normalized spacial score (nSPS) is 9.35. The summed E-state index contributed by atoms with van der Waals surface area (Å²) in [5.41, 5.74) is 0.487. The van der Waals surface area contributed by atoms with Crippen molar-refractivity contribution in [1.82, 2.24) is 15.5 Å². The highest BCUT2D eigenvalue weighted by Crippen LogP contribution is 1.97. The fourth-order valence-corrected chi connectivity index (χ4v) is 1.42. The van der Waals surface area contributed by atoms with E-state index in [1.54, 1.807) is 0 Å². The van der Waals surface area contributed by atoms with E-state index in [1.807, 2.05) is 24.7 Å². The van der Waals surface area contributed by atoms with Crippen molar-refractivity contribution in [2.24, 2.45) is 0 Å². The molecule has 0 radical (unpaired) electrons. The van der Waals surface area contributed by atoms with E-state index >= 15 is 0 Å². The van der Waals surface area contributed by atoms with Crippen LogP contribution < -0.4 is 10.6 Å². The fraction of sp³-hybridized carbons (Fsp3) is 0.750. The number of unbranched alkanes of at least 4 members (excludes halogenated alkanes) is 1. The number of nitrogens with zero attached hydrogens (tertiary/aromatic N) is 1. The lowest BCUT2D eigenvalue weighted by Gasteiger charge is -2.21. The van der Waals surface area contributed by atoms with Crippen LogP contribution in [0.1, 0.15) is 33.6 Å². The number of carbonyl (C=O) groups is 1. The van der Waals surface area contributed by atoms with Gasteiger partial charge in [0, 0.05) is 19.6 Å². The topological polar surface area (TPSA) is 61.4 Å². The molecule has 0 atom stereocenters. The van der Waals surface area contributed by atoms with Crippen LogP contribution in [0.3, 0.4) is 0 Å². The number of likely N-dealkylation sites (N-methyl/N-ethyl adjacent to an activating group) is 1. The van der Waals surface area contributed by atoms with Crippen LogP contribution in [-0.2, 0) is 4.79 Å². The first kappa shape index (κ1) is 15.5. The number of hydrogen-bond donors (Lipinski definition) is 2. The second kappa shape index (κ2) is 9.73. The van der Waals surface area contributed by atoms with Gasteiger partial charge >= 0.3 is 6.03 Å². The maximum atomic E-state index is 11.4. The van der Waals surface area contributed by atoms with Crippen molar-refractivity contribution in [2.75, 3.05) is 26.2 Å². The molecule has 98 valence electrons. The minimum atomic E-state index is -0.238. The van der Waals surface area contributed by atoms with E-state index < -0.39 is 0 Å². The molecule has 5 heteroatoms. The van der Waals surface area contributed by atoms with E-state index in [1.165, 1.54) is 0 Å². The number of urea groups is 1. The van der Waals surface area contributed by atoms with Crippen LogP contribution in [0.25, 0.3) is 0 Å². The zero-order valence-electron chi connectivity index (χ0n) is 11.0. The Labute approximate surface area is 103 Å². The van der Waals surface area contributed by atoms with Gasteiger partial charge in [-0.1, -0.05) is 13.3 Å². The van der Waals surface area contributed by atoms with Crippen LogP contribution in [-0.4, -0.2) is 43.1 Å². The molecule has 0 aromatic heterocycles. The number of amides is 2. The van der Waals surface area contributed by atoms with Crippen LogP contribution >= 0.6 is 0 Å². The van der Waals surface area contributed by atoms with Gasteiger partial charge < -0.3 is 15.5 Å². The van der Waals surface area contributed by atoms with Gasteiger partial charge in [0.05, 0.1) is 6.54 Å². The van der Waals surface area contributed by atoms with Crippen LogP contribution in [0.2, 0.25) is 0 Å². The van der Waals surface area contributed by atoms with Crippen LogP contribution in [0.4, 0.5) is 4.79 Å². The molecule has 0 saturated heterocycles. The van der Waals surface area contributed by atoms with Crippen molar-refractivity contribution in [3.8, 4) is 0 Å². The zero-order chi connectivity index (χ0) is 13.1. The third kappa shape index (κ3) is 6.64. The quantitative estimate of drug-likeness (QED) is 0.495. The molecule has 0 aromatic carbocycles. The van der Waals surface area contributed by atoms with Crippen molar-refractivity contribution in [3.63, 3.8) is 0 Å². The predicted molar refractivity (Wildman–Crippen MR) is 68.4 cm³/mol. The van der Waals surface area contributed by atoms with Gasteiger partial charge in [0.2, 0.25) is 0 Å². The fourth-order valence-electron chi connectivity index (χ4n) is 1.42. The van der Waals surface area contributed by atoms with E-state index in [0.29, 0.717) is 12.2 Å². The Morgan fingerprint density at radius 2 is 1.82 bits per heavy atom. The Kier molecular flexibility index (Phi) is 8.88. The molecule has 0 aliphatic rings. The molecule has 0 saturated carbocycles. The zero-order valence-corrected chi connectivity index (χ0v) is 11.0. The lowest BCUT2D eigenvalue weighted by molar-refractivity contribution is 0.240. The average Bonchev–Trinajstić information content (AvgIpc) is 2.34. The van der Waals surface area contributed by atoms with Gasteiger partial charge in [-0.15, -0.1) is 0 Å². The first-order chi connectivity index (χ1) is 8.19. The molecule has 0 aliphatic heterocycles. The molecule has 2 N–H and O–H groups in total. The second-order valence-electron chi connectivity index (χ2n) is 3.68. The van der Waals surface area contributed by atoms with Gasteiger partial charge in [0.15, 0.2) is 0 Å². The highest BCUT2D eigenvalue weighted by Gasteiger charge is 2.08. The highest BCUT2D eigenvalue weighted by atomic mass is 16.2. The highest BCUT2D eigenvalue weighted by molar-refractivity contribution is 5.74. The molecule has 0 fully saturated rings. The SMILES string of the molecule is CCCCNC(=O)NCC(=C=O)N(CC)CC. The molecule has 0 aromatic rings. The molecular weight excluding hydrogens is 218 g/mol. The smallest absolute Gasteiger partial charge is 0.315 e. The molecule has 2 amide bonds. The lowest BCUT2D eigenvalue weighted by Crippen LogP contribution is -2.39. The van der Waals surface area contributed by atoms with E-state index in [9.17, 15) is 9.59 Å². The Balaban J connectivity index is 3.99. The molecule has 17 heavy (non-hydrogen) atoms. The summed E-state index contributed by atoms with van der Waals surface area (Å²) in [6.45, 7) is 8.34. The van der Waals surface area contributed by atoms with E-state index in [4.69, 9.17) is 0 Å². The van der Waals surface area contributed by atoms with Crippen molar-refractivity contribution in [2.45, 2.75) is 33.6 Å². The van der Waals surface area contributed by atoms with Gasteiger partial charge in [-0.3, -0.25) is 0 Å².